The highest BCUT2D eigenvalue weighted by Gasteiger charge is 2.03. The van der Waals surface area contributed by atoms with Crippen molar-refractivity contribution in [2.75, 3.05) is 0 Å². The van der Waals surface area contributed by atoms with Crippen LogP contribution >= 0.6 is 0 Å². The summed E-state index contributed by atoms with van der Waals surface area (Å²) in [5.74, 6) is 0.163. The van der Waals surface area contributed by atoms with Crippen LogP contribution in [-0.4, -0.2) is 5.11 Å². The fourth-order valence-corrected chi connectivity index (χ4v) is 2.12. The van der Waals surface area contributed by atoms with Crippen LogP contribution in [0.5, 0.6) is 5.75 Å². The number of nitrogens with zero attached hydrogens (tertiary/aromatic N) is 2. The third-order valence-electron chi connectivity index (χ3n) is 3.32. The minimum atomic E-state index is 0. The molecule has 1 heterocycles. The Kier molecular flexibility index (Phi) is 8.15. The van der Waals surface area contributed by atoms with Gasteiger partial charge in [-0.05, 0) is 36.6 Å². The lowest BCUT2D eigenvalue weighted by atomic mass is 10.1. The summed E-state index contributed by atoms with van der Waals surface area (Å²) in [6.45, 7) is 2.21. The Morgan fingerprint density at radius 2 is 1.95 bits per heavy atom. The van der Waals surface area contributed by atoms with Crippen molar-refractivity contribution in [3.63, 3.8) is 0 Å². The molecule has 0 saturated carbocycles. The molecule has 1 aromatic carbocycles. The second-order valence-electron chi connectivity index (χ2n) is 5.10. The van der Waals surface area contributed by atoms with Gasteiger partial charge in [-0.15, -0.1) is 10.2 Å². The van der Waals surface area contributed by atoms with Gasteiger partial charge in [-0.1, -0.05) is 32.3 Å². The standard InChI is InChI=1S/C17H21N3O.ClH/c1-2-3-4-5-7-14-9-10-17(21)16(12-14)20-19-15-8-6-11-18-13-15;/h6,8-13,21H,2-5,7H2,1H3;1H. The van der Waals surface area contributed by atoms with Gasteiger partial charge in [-0.2, -0.15) is 0 Å². The van der Waals surface area contributed by atoms with Gasteiger partial charge in [-0.25, -0.2) is 4.98 Å². The predicted molar refractivity (Wildman–Crippen MR) is 83.1 cm³/mol. The number of aryl methyl sites for hydroxylation is 1. The number of benzene rings is 1. The van der Waals surface area contributed by atoms with Crippen molar-refractivity contribution in [3.05, 3.63) is 48.3 Å². The van der Waals surface area contributed by atoms with Crippen LogP contribution < -0.4 is 17.4 Å². The first-order valence-corrected chi connectivity index (χ1v) is 7.49. The van der Waals surface area contributed by atoms with Crippen LogP contribution in [0.25, 0.3) is 0 Å². The summed E-state index contributed by atoms with van der Waals surface area (Å²) in [6, 6.07) is 9.28. The summed E-state index contributed by atoms with van der Waals surface area (Å²) in [5, 5.41) is 18.1. The van der Waals surface area contributed by atoms with Gasteiger partial charge in [-0.3, -0.25) is 0 Å². The molecule has 2 rings (SSSR count). The lowest BCUT2D eigenvalue weighted by molar-refractivity contribution is -0.377. The Morgan fingerprint density at radius 3 is 2.68 bits per heavy atom. The Morgan fingerprint density at radius 1 is 1.09 bits per heavy atom. The molecule has 0 spiro atoms. The second-order valence-corrected chi connectivity index (χ2v) is 5.10. The summed E-state index contributed by atoms with van der Waals surface area (Å²) in [7, 11) is 0. The highest BCUT2D eigenvalue weighted by Crippen LogP contribution is 2.29. The first kappa shape index (κ1) is 18.1. The minimum absolute atomic E-state index is 0. The number of phenolic OH excluding ortho intramolecular Hbond substituents is 1. The van der Waals surface area contributed by atoms with Gasteiger partial charge in [0.15, 0.2) is 12.4 Å². The average molecular weight is 320 g/mol. The predicted octanol–water partition coefficient (Wildman–Crippen LogP) is 1.75. The van der Waals surface area contributed by atoms with Crippen molar-refractivity contribution in [3.8, 4) is 5.75 Å². The van der Waals surface area contributed by atoms with Gasteiger partial charge in [0.05, 0.1) is 0 Å². The quantitative estimate of drug-likeness (QED) is 0.613. The van der Waals surface area contributed by atoms with Crippen LogP contribution in [0.15, 0.2) is 53.0 Å². The van der Waals surface area contributed by atoms with E-state index in [0.29, 0.717) is 5.69 Å². The van der Waals surface area contributed by atoms with Crippen LogP contribution in [-0.2, 0) is 6.42 Å². The number of phenols is 1. The van der Waals surface area contributed by atoms with E-state index in [0.717, 1.165) is 12.1 Å². The molecule has 0 saturated heterocycles. The normalized spacial score (nSPS) is 10.6. The zero-order valence-electron chi connectivity index (χ0n) is 12.8. The van der Waals surface area contributed by atoms with Crippen molar-refractivity contribution in [1.29, 1.82) is 0 Å². The van der Waals surface area contributed by atoms with Gasteiger partial charge in [0.1, 0.15) is 17.1 Å². The van der Waals surface area contributed by atoms with Crippen LogP contribution in [0.4, 0.5) is 11.4 Å². The SMILES string of the molecule is CCCCCCc1ccc(O)c(N=Nc2ccc[nH+]c2)c1.[Cl-]. The molecule has 0 bridgehead atoms. The largest absolute Gasteiger partial charge is 1.00 e. The lowest BCUT2D eigenvalue weighted by Gasteiger charge is -2.04. The van der Waals surface area contributed by atoms with Crippen molar-refractivity contribution in [2.45, 2.75) is 39.0 Å². The third kappa shape index (κ3) is 5.82. The Bertz CT molecular complexity index is 588. The summed E-state index contributed by atoms with van der Waals surface area (Å²) in [5.41, 5.74) is 2.44. The maximum atomic E-state index is 9.86. The number of H-pyrrole nitrogens is 1. The van der Waals surface area contributed by atoms with Crippen molar-refractivity contribution in [2.24, 2.45) is 10.2 Å². The number of aromatic hydroxyl groups is 1. The van der Waals surface area contributed by atoms with E-state index in [1.807, 2.05) is 30.5 Å². The topological polar surface area (TPSA) is 59.1 Å². The molecule has 2 aromatic rings. The molecule has 2 N–H and O–H groups in total. The number of rotatable bonds is 7. The summed E-state index contributed by atoms with van der Waals surface area (Å²) < 4.78 is 0. The molecule has 0 fully saturated rings. The molecule has 0 aliphatic heterocycles. The number of pyridine rings is 1. The number of hydrogen-bond acceptors (Lipinski definition) is 3. The number of aromatic nitrogens is 1. The fraction of sp³-hybridized carbons (Fsp3) is 0.353. The maximum absolute atomic E-state index is 9.86. The van der Waals surface area contributed by atoms with Gasteiger partial charge in [0, 0.05) is 6.07 Å². The number of azo groups is 1. The third-order valence-corrected chi connectivity index (χ3v) is 3.32. The highest BCUT2D eigenvalue weighted by atomic mass is 35.5. The van der Waals surface area contributed by atoms with E-state index in [-0.39, 0.29) is 18.2 Å². The summed E-state index contributed by atoms with van der Waals surface area (Å²) in [6.07, 6.45) is 9.51. The van der Waals surface area contributed by atoms with Crippen molar-refractivity contribution in [1.82, 2.24) is 0 Å². The zero-order valence-corrected chi connectivity index (χ0v) is 13.6. The fourth-order valence-electron chi connectivity index (χ4n) is 2.12. The molecule has 0 unspecified atom stereocenters. The highest BCUT2D eigenvalue weighted by molar-refractivity contribution is 5.52. The Balaban J connectivity index is 0.00000242. The van der Waals surface area contributed by atoms with Gasteiger partial charge in [0.2, 0.25) is 0 Å². The van der Waals surface area contributed by atoms with Crippen LogP contribution in [0.2, 0.25) is 0 Å². The number of halogens is 1. The first-order valence-electron chi connectivity index (χ1n) is 7.49. The van der Waals surface area contributed by atoms with Crippen molar-refractivity contribution < 1.29 is 22.5 Å². The maximum Gasteiger partial charge on any atom is 0.194 e. The van der Waals surface area contributed by atoms with E-state index in [4.69, 9.17) is 0 Å². The Labute approximate surface area is 137 Å². The molecule has 0 aliphatic rings. The van der Waals surface area contributed by atoms with Crippen LogP contribution in [0, 0.1) is 0 Å². The van der Waals surface area contributed by atoms with Gasteiger partial charge >= 0.3 is 0 Å². The molecular weight excluding hydrogens is 298 g/mol. The number of nitrogens with one attached hydrogen (secondary N) is 1. The second kappa shape index (κ2) is 9.90. The average Bonchev–Trinajstić information content (AvgIpc) is 2.53. The molecule has 0 atom stereocenters. The van der Waals surface area contributed by atoms with Crippen LogP contribution in [0.1, 0.15) is 38.2 Å². The Hall–Kier alpha value is -1.94. The van der Waals surface area contributed by atoms with E-state index < -0.39 is 0 Å². The molecule has 0 radical (unpaired) electrons. The number of hydrogen-bond donors (Lipinski definition) is 1. The zero-order chi connectivity index (χ0) is 14.9. The minimum Gasteiger partial charge on any atom is -1.00 e. The molecule has 1 aromatic heterocycles. The molecule has 0 aliphatic carbocycles. The van der Waals surface area contributed by atoms with Crippen molar-refractivity contribution >= 4 is 11.4 Å². The first-order chi connectivity index (χ1) is 10.3. The van der Waals surface area contributed by atoms with E-state index in [1.165, 1.54) is 31.2 Å². The number of unbranched alkanes of at least 4 members (excludes halogenated alkanes) is 3. The van der Waals surface area contributed by atoms with Crippen LogP contribution in [0.3, 0.4) is 0 Å². The molecular formula is C17H22ClN3O. The van der Waals surface area contributed by atoms with Gasteiger partial charge in [0.25, 0.3) is 0 Å². The smallest absolute Gasteiger partial charge is 0.194 e. The number of aromatic amines is 1. The van der Waals surface area contributed by atoms with Gasteiger partial charge < -0.3 is 17.5 Å². The summed E-state index contributed by atoms with van der Waals surface area (Å²) in [4.78, 5) is 2.95. The monoisotopic (exact) mass is 319 g/mol. The summed E-state index contributed by atoms with van der Waals surface area (Å²) >= 11 is 0. The molecule has 0 amide bonds. The van der Waals surface area contributed by atoms with E-state index in [1.54, 1.807) is 12.3 Å². The molecule has 22 heavy (non-hydrogen) atoms. The van der Waals surface area contributed by atoms with E-state index in [9.17, 15) is 5.11 Å². The van der Waals surface area contributed by atoms with E-state index >= 15 is 0 Å². The lowest BCUT2D eigenvalue weighted by Crippen LogP contribution is -3.00. The molecule has 118 valence electrons. The molecule has 4 nitrogen and oxygen atoms in total. The van der Waals surface area contributed by atoms with E-state index in [2.05, 4.69) is 22.1 Å². The molecule has 5 heteroatoms.